The van der Waals surface area contributed by atoms with E-state index in [9.17, 15) is 5.11 Å². The number of fused-ring (bicyclic) bond motifs is 2. The van der Waals surface area contributed by atoms with Crippen molar-refractivity contribution in [3.8, 4) is 0 Å². The first-order valence-corrected chi connectivity index (χ1v) is 6.96. The van der Waals surface area contributed by atoms with Gasteiger partial charge in [0.15, 0.2) is 0 Å². The van der Waals surface area contributed by atoms with Gasteiger partial charge in [-0.15, -0.1) is 0 Å². The number of benzene rings is 3. The fraction of sp³-hybridized carbons (Fsp3) is 0.0526. The minimum absolute atomic E-state index is 0.695. The average Bonchev–Trinajstić information content (AvgIpc) is 2.98. The molecule has 2 heteroatoms. The van der Waals surface area contributed by atoms with Crippen LogP contribution in [0.3, 0.4) is 0 Å². The number of aliphatic hydroxyl groups is 1. The molecule has 3 aromatic carbocycles. The Labute approximate surface area is 122 Å². The Morgan fingerprint density at radius 3 is 2.33 bits per heavy atom. The van der Waals surface area contributed by atoms with Crippen molar-refractivity contribution < 1.29 is 9.52 Å². The predicted molar refractivity (Wildman–Crippen MR) is 84.2 cm³/mol. The first-order chi connectivity index (χ1) is 10.3. The Balaban J connectivity index is 1.92. The second kappa shape index (κ2) is 4.76. The highest BCUT2D eigenvalue weighted by molar-refractivity contribution is 5.88. The number of aliphatic hydroxyl groups excluding tert-OH is 1. The second-order valence-corrected chi connectivity index (χ2v) is 5.16. The third-order valence-electron chi connectivity index (χ3n) is 3.92. The summed E-state index contributed by atoms with van der Waals surface area (Å²) in [6, 6.07) is 21.9. The van der Waals surface area contributed by atoms with E-state index in [1.807, 2.05) is 54.6 Å². The largest absolute Gasteiger partial charge is 0.464 e. The van der Waals surface area contributed by atoms with Crippen molar-refractivity contribution in [3.05, 3.63) is 84.1 Å². The van der Waals surface area contributed by atoms with Crippen molar-refractivity contribution in [2.24, 2.45) is 0 Å². The summed E-state index contributed by atoms with van der Waals surface area (Å²) in [7, 11) is 0. The van der Waals surface area contributed by atoms with E-state index in [-0.39, 0.29) is 0 Å². The minimum atomic E-state index is -0.695. The van der Waals surface area contributed by atoms with Gasteiger partial charge in [-0.3, -0.25) is 0 Å². The van der Waals surface area contributed by atoms with Gasteiger partial charge in [-0.1, -0.05) is 60.7 Å². The fourth-order valence-electron chi connectivity index (χ4n) is 2.87. The smallest absolute Gasteiger partial charge is 0.134 e. The van der Waals surface area contributed by atoms with Crippen molar-refractivity contribution in [3.63, 3.8) is 0 Å². The van der Waals surface area contributed by atoms with Crippen LogP contribution >= 0.6 is 0 Å². The normalized spacial score (nSPS) is 12.8. The molecule has 102 valence electrons. The van der Waals surface area contributed by atoms with Crippen LogP contribution in [0.4, 0.5) is 0 Å². The maximum atomic E-state index is 10.8. The number of furan rings is 1. The zero-order valence-electron chi connectivity index (χ0n) is 11.4. The van der Waals surface area contributed by atoms with E-state index in [0.717, 1.165) is 32.9 Å². The molecule has 0 amide bonds. The Bertz CT molecular complexity index is 916. The third kappa shape index (κ3) is 1.92. The van der Waals surface area contributed by atoms with Crippen LogP contribution in [0.5, 0.6) is 0 Å². The molecule has 1 heterocycles. The van der Waals surface area contributed by atoms with Gasteiger partial charge in [-0.2, -0.15) is 0 Å². The lowest BCUT2D eigenvalue weighted by molar-refractivity contribution is 0.222. The summed E-state index contributed by atoms with van der Waals surface area (Å²) in [5, 5.41) is 14.0. The van der Waals surface area contributed by atoms with Crippen LogP contribution in [0, 0.1) is 0 Å². The van der Waals surface area contributed by atoms with Crippen molar-refractivity contribution in [1.82, 2.24) is 0 Å². The van der Waals surface area contributed by atoms with Gasteiger partial charge < -0.3 is 9.52 Å². The molecule has 0 aliphatic carbocycles. The molecule has 1 aromatic heterocycles. The molecule has 21 heavy (non-hydrogen) atoms. The van der Waals surface area contributed by atoms with Gasteiger partial charge in [0, 0.05) is 10.9 Å². The summed E-state index contributed by atoms with van der Waals surface area (Å²) < 4.78 is 5.54. The Morgan fingerprint density at radius 2 is 1.43 bits per heavy atom. The predicted octanol–water partition coefficient (Wildman–Crippen LogP) is 4.67. The Morgan fingerprint density at radius 1 is 0.714 bits per heavy atom. The first-order valence-electron chi connectivity index (χ1n) is 6.96. The highest BCUT2D eigenvalue weighted by Crippen LogP contribution is 2.33. The van der Waals surface area contributed by atoms with Gasteiger partial charge >= 0.3 is 0 Å². The molecule has 4 aromatic rings. The summed E-state index contributed by atoms with van der Waals surface area (Å²) in [6.45, 7) is 0. The summed E-state index contributed by atoms with van der Waals surface area (Å²) in [6.07, 6.45) is 0.955. The first kappa shape index (κ1) is 12.2. The highest BCUT2D eigenvalue weighted by Gasteiger charge is 2.18. The number of hydrogen-bond acceptors (Lipinski definition) is 2. The molecule has 0 radical (unpaired) electrons. The molecule has 0 fully saturated rings. The fourth-order valence-corrected chi connectivity index (χ4v) is 2.87. The number of rotatable bonds is 2. The van der Waals surface area contributed by atoms with Gasteiger partial charge in [-0.25, -0.2) is 0 Å². The minimum Gasteiger partial charge on any atom is -0.464 e. The molecule has 0 bridgehead atoms. The van der Waals surface area contributed by atoms with Crippen LogP contribution in [0.1, 0.15) is 17.2 Å². The standard InChI is InChI=1S/C19H14O2/c20-19(17-12-21-18-11-4-3-9-15(17)18)16-10-5-7-13-6-1-2-8-14(13)16/h1-12,19-20H. The summed E-state index contributed by atoms with van der Waals surface area (Å²) in [4.78, 5) is 0. The van der Waals surface area contributed by atoms with Gasteiger partial charge in [0.2, 0.25) is 0 Å². The monoisotopic (exact) mass is 274 g/mol. The third-order valence-corrected chi connectivity index (χ3v) is 3.92. The maximum Gasteiger partial charge on any atom is 0.134 e. The number of para-hydroxylation sites is 1. The molecule has 0 spiro atoms. The van der Waals surface area contributed by atoms with Crippen molar-refractivity contribution in [2.75, 3.05) is 0 Å². The molecule has 2 nitrogen and oxygen atoms in total. The average molecular weight is 274 g/mol. The Kier molecular flexibility index (Phi) is 2.76. The Hall–Kier alpha value is -2.58. The molecule has 0 saturated heterocycles. The van der Waals surface area contributed by atoms with E-state index >= 15 is 0 Å². The quantitative estimate of drug-likeness (QED) is 0.576. The zero-order chi connectivity index (χ0) is 14.2. The van der Waals surface area contributed by atoms with Crippen LogP contribution in [-0.2, 0) is 0 Å². The molecule has 4 rings (SSSR count). The van der Waals surface area contributed by atoms with Crippen molar-refractivity contribution in [1.29, 1.82) is 0 Å². The van der Waals surface area contributed by atoms with Crippen LogP contribution < -0.4 is 0 Å². The lowest BCUT2D eigenvalue weighted by atomic mass is 9.96. The topological polar surface area (TPSA) is 33.4 Å². The molecular weight excluding hydrogens is 260 g/mol. The lowest BCUT2D eigenvalue weighted by Crippen LogP contribution is -1.99. The van der Waals surface area contributed by atoms with E-state index in [4.69, 9.17) is 4.42 Å². The molecule has 1 N–H and O–H groups in total. The molecule has 0 aliphatic rings. The molecule has 0 saturated carbocycles. The zero-order valence-corrected chi connectivity index (χ0v) is 11.4. The lowest BCUT2D eigenvalue weighted by Gasteiger charge is -2.12. The van der Waals surface area contributed by atoms with Crippen LogP contribution in [-0.4, -0.2) is 5.11 Å². The summed E-state index contributed by atoms with van der Waals surface area (Å²) in [5.41, 5.74) is 2.51. The van der Waals surface area contributed by atoms with Gasteiger partial charge in [-0.05, 0) is 22.4 Å². The molecule has 1 unspecified atom stereocenters. The maximum absolute atomic E-state index is 10.8. The van der Waals surface area contributed by atoms with Gasteiger partial charge in [0.25, 0.3) is 0 Å². The SMILES string of the molecule is OC(c1cccc2ccccc12)c1coc2ccccc12. The van der Waals surface area contributed by atoms with Crippen LogP contribution in [0.15, 0.2) is 77.4 Å². The van der Waals surface area contributed by atoms with Gasteiger partial charge in [0.1, 0.15) is 11.7 Å². The van der Waals surface area contributed by atoms with Crippen molar-refractivity contribution in [2.45, 2.75) is 6.10 Å². The highest BCUT2D eigenvalue weighted by atomic mass is 16.3. The van der Waals surface area contributed by atoms with E-state index in [1.54, 1.807) is 6.26 Å². The molecular formula is C19H14O2. The van der Waals surface area contributed by atoms with Crippen molar-refractivity contribution >= 4 is 21.7 Å². The van der Waals surface area contributed by atoms with E-state index in [1.165, 1.54) is 0 Å². The second-order valence-electron chi connectivity index (χ2n) is 5.16. The van der Waals surface area contributed by atoms with Crippen LogP contribution in [0.2, 0.25) is 0 Å². The van der Waals surface area contributed by atoms with E-state index in [0.29, 0.717) is 0 Å². The van der Waals surface area contributed by atoms with E-state index in [2.05, 4.69) is 12.1 Å². The molecule has 1 atom stereocenters. The molecule has 0 aliphatic heterocycles. The number of hydrogen-bond donors (Lipinski definition) is 1. The summed E-state index contributed by atoms with van der Waals surface area (Å²) >= 11 is 0. The van der Waals surface area contributed by atoms with Gasteiger partial charge in [0.05, 0.1) is 6.26 Å². The van der Waals surface area contributed by atoms with E-state index < -0.39 is 6.10 Å². The summed E-state index contributed by atoms with van der Waals surface area (Å²) in [5.74, 6) is 0. The van der Waals surface area contributed by atoms with Crippen LogP contribution in [0.25, 0.3) is 21.7 Å².